The van der Waals surface area contributed by atoms with Crippen molar-refractivity contribution in [1.29, 1.82) is 0 Å². The molecule has 1 aromatic heterocycles. The molecule has 0 saturated heterocycles. The van der Waals surface area contributed by atoms with Crippen LogP contribution in [0, 0.1) is 5.92 Å². The number of hydrogen-bond acceptors (Lipinski definition) is 3. The van der Waals surface area contributed by atoms with Crippen LogP contribution in [-0.2, 0) is 11.2 Å². The number of halogens is 1. The molecule has 1 N–H and O–H groups in total. The number of aliphatic hydroxyl groups is 1. The van der Waals surface area contributed by atoms with Gasteiger partial charge in [-0.2, -0.15) is 0 Å². The fourth-order valence-corrected chi connectivity index (χ4v) is 1.80. The van der Waals surface area contributed by atoms with Crippen LogP contribution in [0.2, 0.25) is 0 Å². The minimum absolute atomic E-state index is 0.133. The van der Waals surface area contributed by atoms with Gasteiger partial charge in [0.2, 0.25) is 0 Å². The van der Waals surface area contributed by atoms with Gasteiger partial charge in [0.15, 0.2) is 0 Å². The molecule has 4 heteroatoms. The van der Waals surface area contributed by atoms with E-state index in [-0.39, 0.29) is 12.0 Å². The Morgan fingerprint density at radius 3 is 2.87 bits per heavy atom. The van der Waals surface area contributed by atoms with Gasteiger partial charge in [0.25, 0.3) is 0 Å². The summed E-state index contributed by atoms with van der Waals surface area (Å²) >= 11 is 3.35. The van der Waals surface area contributed by atoms with Gasteiger partial charge in [0.1, 0.15) is 0 Å². The third-order valence-corrected chi connectivity index (χ3v) is 2.73. The Labute approximate surface area is 98.6 Å². The second kappa shape index (κ2) is 6.20. The first-order chi connectivity index (χ1) is 7.13. The van der Waals surface area contributed by atoms with Crippen LogP contribution in [0.5, 0.6) is 0 Å². The highest BCUT2D eigenvalue weighted by Crippen LogP contribution is 2.14. The highest BCUT2D eigenvalue weighted by Gasteiger charge is 2.14. The molecule has 0 aliphatic carbocycles. The molecule has 1 aromatic rings. The van der Waals surface area contributed by atoms with Crippen molar-refractivity contribution in [1.82, 2.24) is 4.98 Å². The number of methoxy groups -OCH3 is 1. The normalized spacial score (nSPS) is 14.9. The van der Waals surface area contributed by atoms with E-state index in [4.69, 9.17) is 4.74 Å². The zero-order valence-corrected chi connectivity index (χ0v) is 10.6. The van der Waals surface area contributed by atoms with E-state index in [9.17, 15) is 5.11 Å². The Kier molecular flexibility index (Phi) is 5.22. The highest BCUT2D eigenvalue weighted by molar-refractivity contribution is 9.10. The number of aliphatic hydroxyl groups excluding tert-OH is 1. The van der Waals surface area contributed by atoms with Gasteiger partial charge in [0, 0.05) is 36.3 Å². The molecule has 0 bridgehead atoms. The Hall–Kier alpha value is -0.450. The molecule has 3 nitrogen and oxygen atoms in total. The van der Waals surface area contributed by atoms with Crippen LogP contribution in [0.3, 0.4) is 0 Å². The van der Waals surface area contributed by atoms with E-state index in [1.807, 2.05) is 13.0 Å². The van der Waals surface area contributed by atoms with Crippen LogP contribution in [0.25, 0.3) is 0 Å². The monoisotopic (exact) mass is 273 g/mol. The highest BCUT2D eigenvalue weighted by atomic mass is 79.9. The lowest BCUT2D eigenvalue weighted by Gasteiger charge is -2.17. The molecule has 0 fully saturated rings. The van der Waals surface area contributed by atoms with Crippen molar-refractivity contribution >= 4 is 15.9 Å². The average molecular weight is 274 g/mol. The molecule has 0 aromatic carbocycles. The number of aromatic nitrogens is 1. The molecular formula is C11H16BrNO2. The van der Waals surface area contributed by atoms with E-state index < -0.39 is 0 Å². The van der Waals surface area contributed by atoms with Crippen molar-refractivity contribution in [3.8, 4) is 0 Å². The summed E-state index contributed by atoms with van der Waals surface area (Å²) < 4.78 is 5.94. The van der Waals surface area contributed by atoms with Crippen LogP contribution < -0.4 is 0 Å². The molecule has 84 valence electrons. The summed E-state index contributed by atoms with van der Waals surface area (Å²) in [7, 11) is 1.64. The van der Waals surface area contributed by atoms with Crippen molar-refractivity contribution in [2.45, 2.75) is 19.4 Å². The molecule has 0 amide bonds. The topological polar surface area (TPSA) is 42.4 Å². The summed E-state index contributed by atoms with van der Waals surface area (Å²) in [6, 6.07) is 1.97. The van der Waals surface area contributed by atoms with Gasteiger partial charge >= 0.3 is 0 Å². The molecule has 0 saturated carbocycles. The van der Waals surface area contributed by atoms with E-state index in [1.54, 1.807) is 19.5 Å². The van der Waals surface area contributed by atoms with Crippen molar-refractivity contribution in [2.24, 2.45) is 5.92 Å². The number of pyridine rings is 1. The second-order valence-electron chi connectivity index (χ2n) is 3.72. The predicted molar refractivity (Wildman–Crippen MR) is 62.7 cm³/mol. The molecule has 0 aliphatic heterocycles. The van der Waals surface area contributed by atoms with Crippen molar-refractivity contribution < 1.29 is 9.84 Å². The van der Waals surface area contributed by atoms with Gasteiger partial charge in [-0.3, -0.25) is 4.98 Å². The first kappa shape index (κ1) is 12.6. The van der Waals surface area contributed by atoms with Gasteiger partial charge < -0.3 is 9.84 Å². The number of ether oxygens (including phenoxy) is 1. The standard InChI is InChI=1S/C11H16BrNO2/c1-8(7-15-2)11(14)4-9-3-10(12)6-13-5-9/h3,5-6,8,11,14H,4,7H2,1-2H3. The summed E-state index contributed by atoms with van der Waals surface area (Å²) in [6.45, 7) is 2.54. The van der Waals surface area contributed by atoms with Crippen LogP contribution >= 0.6 is 15.9 Å². The van der Waals surface area contributed by atoms with Crippen LogP contribution in [0.15, 0.2) is 22.9 Å². The van der Waals surface area contributed by atoms with Gasteiger partial charge in [-0.1, -0.05) is 6.92 Å². The quantitative estimate of drug-likeness (QED) is 0.893. The predicted octanol–water partition coefficient (Wildman–Crippen LogP) is 2.03. The lowest BCUT2D eigenvalue weighted by atomic mass is 9.99. The fourth-order valence-electron chi connectivity index (χ4n) is 1.38. The van der Waals surface area contributed by atoms with E-state index in [0.29, 0.717) is 13.0 Å². The molecular weight excluding hydrogens is 258 g/mol. The number of nitrogens with zero attached hydrogens (tertiary/aromatic N) is 1. The molecule has 2 atom stereocenters. The summed E-state index contributed by atoms with van der Waals surface area (Å²) in [5.41, 5.74) is 1.03. The maximum Gasteiger partial charge on any atom is 0.0628 e. The molecule has 2 unspecified atom stereocenters. The van der Waals surface area contributed by atoms with Gasteiger partial charge in [-0.15, -0.1) is 0 Å². The number of hydrogen-bond donors (Lipinski definition) is 1. The van der Waals surface area contributed by atoms with E-state index in [0.717, 1.165) is 10.0 Å². The lowest BCUT2D eigenvalue weighted by molar-refractivity contribution is 0.0574. The summed E-state index contributed by atoms with van der Waals surface area (Å²) in [5.74, 6) is 0.133. The van der Waals surface area contributed by atoms with E-state index >= 15 is 0 Å². The zero-order valence-electron chi connectivity index (χ0n) is 8.98. The summed E-state index contributed by atoms with van der Waals surface area (Å²) in [6.07, 6.45) is 3.72. The fraction of sp³-hybridized carbons (Fsp3) is 0.545. The first-order valence-electron chi connectivity index (χ1n) is 4.90. The minimum atomic E-state index is -0.388. The van der Waals surface area contributed by atoms with Crippen molar-refractivity contribution in [3.05, 3.63) is 28.5 Å². The smallest absolute Gasteiger partial charge is 0.0628 e. The Balaban J connectivity index is 2.54. The Bertz CT molecular complexity index is 306. The van der Waals surface area contributed by atoms with Crippen molar-refractivity contribution in [2.75, 3.05) is 13.7 Å². The average Bonchev–Trinajstić information content (AvgIpc) is 2.18. The number of rotatable bonds is 5. The van der Waals surface area contributed by atoms with Gasteiger partial charge in [0.05, 0.1) is 12.7 Å². The van der Waals surface area contributed by atoms with E-state index in [2.05, 4.69) is 20.9 Å². The largest absolute Gasteiger partial charge is 0.392 e. The molecule has 1 rings (SSSR count). The SMILES string of the molecule is COCC(C)C(O)Cc1cncc(Br)c1. The Morgan fingerprint density at radius 2 is 2.27 bits per heavy atom. The summed E-state index contributed by atoms with van der Waals surface area (Å²) in [4.78, 5) is 4.05. The second-order valence-corrected chi connectivity index (χ2v) is 4.63. The maximum atomic E-state index is 9.87. The van der Waals surface area contributed by atoms with Crippen molar-refractivity contribution in [3.63, 3.8) is 0 Å². The molecule has 15 heavy (non-hydrogen) atoms. The lowest BCUT2D eigenvalue weighted by Crippen LogP contribution is -2.24. The van der Waals surface area contributed by atoms with Crippen LogP contribution in [-0.4, -0.2) is 29.9 Å². The zero-order chi connectivity index (χ0) is 11.3. The molecule has 0 radical (unpaired) electrons. The maximum absolute atomic E-state index is 9.87. The van der Waals surface area contributed by atoms with E-state index in [1.165, 1.54) is 0 Å². The third-order valence-electron chi connectivity index (χ3n) is 2.29. The third kappa shape index (κ3) is 4.28. The van der Waals surface area contributed by atoms with Gasteiger partial charge in [-0.25, -0.2) is 0 Å². The molecule has 0 aliphatic rings. The summed E-state index contributed by atoms with van der Waals surface area (Å²) in [5, 5.41) is 9.87. The first-order valence-corrected chi connectivity index (χ1v) is 5.69. The Morgan fingerprint density at radius 1 is 1.53 bits per heavy atom. The molecule has 1 heterocycles. The van der Waals surface area contributed by atoms with Crippen LogP contribution in [0.4, 0.5) is 0 Å². The van der Waals surface area contributed by atoms with Crippen LogP contribution in [0.1, 0.15) is 12.5 Å². The van der Waals surface area contributed by atoms with Gasteiger partial charge in [-0.05, 0) is 27.6 Å². The molecule has 0 spiro atoms. The minimum Gasteiger partial charge on any atom is -0.392 e.